The zero-order valence-corrected chi connectivity index (χ0v) is 12.0. The molecule has 0 spiro atoms. The van der Waals surface area contributed by atoms with Gasteiger partial charge in [-0.2, -0.15) is 0 Å². The second-order valence-electron chi connectivity index (χ2n) is 4.94. The number of rotatable bonds is 5. The summed E-state index contributed by atoms with van der Waals surface area (Å²) in [7, 11) is 0. The summed E-state index contributed by atoms with van der Waals surface area (Å²) in [6.45, 7) is 1.63. The lowest BCUT2D eigenvalue weighted by atomic mass is 10.1. The minimum absolute atomic E-state index is 0.00576. The van der Waals surface area contributed by atoms with Gasteiger partial charge in [-0.25, -0.2) is 8.78 Å². The largest absolute Gasteiger partial charge is 0.326 e. The van der Waals surface area contributed by atoms with Gasteiger partial charge >= 0.3 is 0 Å². The minimum atomic E-state index is -0.421. The van der Waals surface area contributed by atoms with Crippen molar-refractivity contribution in [2.75, 3.05) is 5.32 Å². The maximum atomic E-state index is 13.4. The topological polar surface area (TPSA) is 46.2 Å². The summed E-state index contributed by atoms with van der Waals surface area (Å²) in [4.78, 5) is 23.6. The fourth-order valence-electron chi connectivity index (χ4n) is 1.90. The van der Waals surface area contributed by atoms with Crippen molar-refractivity contribution >= 4 is 17.4 Å². The Hall–Kier alpha value is -2.56. The number of carbonyl (C=O) groups excluding carboxylic acids is 2. The third kappa shape index (κ3) is 4.22. The minimum Gasteiger partial charge on any atom is -0.326 e. The van der Waals surface area contributed by atoms with Gasteiger partial charge in [0, 0.05) is 24.1 Å². The first-order chi connectivity index (χ1) is 10.5. The highest BCUT2D eigenvalue weighted by molar-refractivity contribution is 5.99. The van der Waals surface area contributed by atoms with Crippen molar-refractivity contribution in [2.24, 2.45) is 0 Å². The van der Waals surface area contributed by atoms with E-state index in [0.29, 0.717) is 16.8 Å². The Kier molecular flexibility index (Phi) is 4.99. The molecule has 0 bridgehead atoms. The number of amides is 1. The fourth-order valence-corrected chi connectivity index (χ4v) is 1.90. The van der Waals surface area contributed by atoms with Gasteiger partial charge in [0.25, 0.3) is 0 Å². The standard InChI is InChI=1S/C17H15F2NO2/c1-11-2-7-14(10-15(11)19)20-17(22)9-8-16(21)12-3-5-13(18)6-4-12/h2-7,10H,8-9H2,1H3,(H,20,22). The number of halogens is 2. The first-order valence-electron chi connectivity index (χ1n) is 6.80. The van der Waals surface area contributed by atoms with Crippen molar-refractivity contribution in [1.29, 1.82) is 0 Å². The van der Waals surface area contributed by atoms with Gasteiger partial charge in [0.1, 0.15) is 11.6 Å². The van der Waals surface area contributed by atoms with Crippen LogP contribution in [0.4, 0.5) is 14.5 Å². The Bertz CT molecular complexity index is 696. The van der Waals surface area contributed by atoms with Crippen LogP contribution in [0, 0.1) is 18.6 Å². The van der Waals surface area contributed by atoms with Crippen LogP contribution in [0.15, 0.2) is 42.5 Å². The molecule has 0 fully saturated rings. The van der Waals surface area contributed by atoms with E-state index in [1.807, 2.05) is 0 Å². The summed E-state index contributed by atoms with van der Waals surface area (Å²) >= 11 is 0. The molecule has 0 aliphatic carbocycles. The monoisotopic (exact) mass is 303 g/mol. The predicted molar refractivity (Wildman–Crippen MR) is 79.7 cm³/mol. The van der Waals surface area contributed by atoms with Crippen LogP contribution in [-0.2, 0) is 4.79 Å². The number of hydrogen-bond donors (Lipinski definition) is 1. The smallest absolute Gasteiger partial charge is 0.224 e. The summed E-state index contributed by atoms with van der Waals surface area (Å²) in [5.74, 6) is -1.44. The van der Waals surface area contributed by atoms with Crippen LogP contribution >= 0.6 is 0 Å². The molecule has 0 aromatic heterocycles. The molecule has 22 heavy (non-hydrogen) atoms. The van der Waals surface area contributed by atoms with Crippen LogP contribution in [-0.4, -0.2) is 11.7 Å². The van der Waals surface area contributed by atoms with Crippen LogP contribution in [0.25, 0.3) is 0 Å². The molecule has 0 radical (unpaired) electrons. The Labute approximate surface area is 127 Å². The van der Waals surface area contributed by atoms with Crippen molar-refractivity contribution in [3.05, 3.63) is 65.2 Å². The van der Waals surface area contributed by atoms with Gasteiger partial charge in [-0.3, -0.25) is 9.59 Å². The average Bonchev–Trinajstić information content (AvgIpc) is 2.49. The zero-order valence-electron chi connectivity index (χ0n) is 12.0. The number of anilines is 1. The van der Waals surface area contributed by atoms with Crippen molar-refractivity contribution in [2.45, 2.75) is 19.8 Å². The summed E-state index contributed by atoms with van der Waals surface area (Å²) in [6, 6.07) is 9.54. The molecule has 2 rings (SSSR count). The molecule has 0 heterocycles. The first-order valence-corrected chi connectivity index (χ1v) is 6.80. The molecule has 0 unspecified atom stereocenters. The van der Waals surface area contributed by atoms with Crippen molar-refractivity contribution in [3.8, 4) is 0 Å². The van der Waals surface area contributed by atoms with Gasteiger partial charge in [0.2, 0.25) is 5.91 Å². The molecule has 0 saturated carbocycles. The van der Waals surface area contributed by atoms with Gasteiger partial charge < -0.3 is 5.32 Å². The molecule has 5 heteroatoms. The summed E-state index contributed by atoms with van der Waals surface area (Å²) < 4.78 is 26.1. The molecule has 1 N–H and O–H groups in total. The number of nitrogens with one attached hydrogen (secondary N) is 1. The van der Waals surface area contributed by atoms with E-state index in [0.717, 1.165) is 0 Å². The molecule has 1 amide bonds. The number of hydrogen-bond acceptors (Lipinski definition) is 2. The van der Waals surface area contributed by atoms with Crippen molar-refractivity contribution < 1.29 is 18.4 Å². The van der Waals surface area contributed by atoms with Crippen LogP contribution < -0.4 is 5.32 Å². The van der Waals surface area contributed by atoms with E-state index < -0.39 is 11.6 Å². The summed E-state index contributed by atoms with van der Waals surface area (Å²) in [5.41, 5.74) is 1.20. The molecule has 0 atom stereocenters. The molecular weight excluding hydrogens is 288 g/mol. The van der Waals surface area contributed by atoms with E-state index in [1.165, 1.54) is 30.3 Å². The molecule has 114 valence electrons. The van der Waals surface area contributed by atoms with E-state index in [9.17, 15) is 18.4 Å². The molecule has 2 aromatic rings. The second kappa shape index (κ2) is 6.93. The second-order valence-corrected chi connectivity index (χ2v) is 4.94. The number of carbonyl (C=O) groups is 2. The molecular formula is C17H15F2NO2. The number of Topliss-reactive ketones (excluding diaryl/α,β-unsaturated/α-hetero) is 1. The third-order valence-electron chi connectivity index (χ3n) is 3.20. The van der Waals surface area contributed by atoms with E-state index in [1.54, 1.807) is 19.1 Å². The lowest BCUT2D eigenvalue weighted by Crippen LogP contribution is -2.13. The highest BCUT2D eigenvalue weighted by Gasteiger charge is 2.10. The highest BCUT2D eigenvalue weighted by Crippen LogP contribution is 2.14. The Morgan fingerprint density at radius 1 is 1.00 bits per heavy atom. The SMILES string of the molecule is Cc1ccc(NC(=O)CCC(=O)c2ccc(F)cc2)cc1F. The lowest BCUT2D eigenvalue weighted by molar-refractivity contribution is -0.116. The maximum Gasteiger partial charge on any atom is 0.224 e. The van der Waals surface area contributed by atoms with Gasteiger partial charge in [0.15, 0.2) is 5.78 Å². The molecule has 2 aromatic carbocycles. The number of ketones is 1. The van der Waals surface area contributed by atoms with Gasteiger partial charge in [-0.15, -0.1) is 0 Å². The van der Waals surface area contributed by atoms with E-state index in [2.05, 4.69) is 5.32 Å². The third-order valence-corrected chi connectivity index (χ3v) is 3.20. The van der Waals surface area contributed by atoms with Crippen LogP contribution in [0.5, 0.6) is 0 Å². The van der Waals surface area contributed by atoms with Crippen molar-refractivity contribution in [3.63, 3.8) is 0 Å². The van der Waals surface area contributed by atoms with Gasteiger partial charge in [-0.1, -0.05) is 6.07 Å². The predicted octanol–water partition coefficient (Wildman–Crippen LogP) is 3.87. The quantitative estimate of drug-likeness (QED) is 0.852. The zero-order chi connectivity index (χ0) is 16.1. The molecule has 3 nitrogen and oxygen atoms in total. The Morgan fingerprint density at radius 3 is 2.32 bits per heavy atom. The molecule has 0 aliphatic rings. The Morgan fingerprint density at radius 2 is 1.68 bits per heavy atom. The lowest BCUT2D eigenvalue weighted by Gasteiger charge is -2.06. The van der Waals surface area contributed by atoms with E-state index in [-0.39, 0.29) is 24.5 Å². The van der Waals surface area contributed by atoms with E-state index >= 15 is 0 Å². The van der Waals surface area contributed by atoms with Crippen LogP contribution in [0.2, 0.25) is 0 Å². The Balaban J connectivity index is 1.88. The first kappa shape index (κ1) is 15.8. The van der Waals surface area contributed by atoms with Crippen LogP contribution in [0.3, 0.4) is 0 Å². The van der Waals surface area contributed by atoms with Gasteiger partial charge in [0.05, 0.1) is 0 Å². The van der Waals surface area contributed by atoms with Crippen molar-refractivity contribution in [1.82, 2.24) is 0 Å². The normalized spacial score (nSPS) is 10.3. The summed E-state index contributed by atoms with van der Waals surface area (Å²) in [6.07, 6.45) is -0.0164. The highest BCUT2D eigenvalue weighted by atomic mass is 19.1. The van der Waals surface area contributed by atoms with Gasteiger partial charge in [-0.05, 0) is 48.9 Å². The number of benzene rings is 2. The summed E-state index contributed by atoms with van der Waals surface area (Å²) in [5, 5.41) is 2.53. The number of aryl methyl sites for hydroxylation is 1. The maximum absolute atomic E-state index is 13.4. The average molecular weight is 303 g/mol. The molecule has 0 saturated heterocycles. The molecule has 0 aliphatic heterocycles. The van der Waals surface area contributed by atoms with E-state index in [4.69, 9.17) is 0 Å². The fraction of sp³-hybridized carbons (Fsp3) is 0.176. The van der Waals surface area contributed by atoms with Crippen LogP contribution in [0.1, 0.15) is 28.8 Å².